The Morgan fingerprint density at radius 3 is 2.30 bits per heavy atom. The van der Waals surface area contributed by atoms with E-state index >= 15 is 0 Å². The second-order valence-corrected chi connectivity index (χ2v) is 6.57. The minimum atomic E-state index is -0.305. The molecule has 0 saturated carbocycles. The molecule has 2 aromatic carbocycles. The van der Waals surface area contributed by atoms with Crippen molar-refractivity contribution in [3.63, 3.8) is 0 Å². The van der Waals surface area contributed by atoms with Crippen LogP contribution in [0.3, 0.4) is 0 Å². The predicted molar refractivity (Wildman–Crippen MR) is 104 cm³/mol. The number of hydrogen-bond acceptors (Lipinski definition) is 4. The van der Waals surface area contributed by atoms with E-state index in [-0.39, 0.29) is 24.2 Å². The van der Waals surface area contributed by atoms with Crippen molar-refractivity contribution in [2.75, 3.05) is 6.54 Å². The van der Waals surface area contributed by atoms with Crippen LogP contribution in [0.5, 0.6) is 0 Å². The van der Waals surface area contributed by atoms with Crippen molar-refractivity contribution < 1.29 is 14.0 Å². The molecule has 4 nitrogen and oxygen atoms in total. The molecule has 4 rings (SSSR count). The largest absolute Gasteiger partial charge is 0.274 e. The number of carbonyl (C=O) groups is 2. The lowest BCUT2D eigenvalue weighted by atomic mass is 10.1. The minimum absolute atomic E-state index is 0.263. The fourth-order valence-electron chi connectivity index (χ4n) is 2.84. The van der Waals surface area contributed by atoms with Gasteiger partial charge in [0.2, 0.25) is 0 Å². The monoisotopic (exact) mass is 382 g/mol. The summed E-state index contributed by atoms with van der Waals surface area (Å²) in [6, 6.07) is 13.1. The molecule has 0 saturated heterocycles. The highest BCUT2D eigenvalue weighted by Gasteiger charge is 2.34. The van der Waals surface area contributed by atoms with E-state index in [1.165, 1.54) is 28.4 Å². The maximum atomic E-state index is 13.3. The Bertz CT molecular complexity index is 949. The molecule has 0 N–H and O–H groups in total. The molecule has 0 bridgehead atoms. The molecule has 1 aromatic heterocycles. The van der Waals surface area contributed by atoms with E-state index in [9.17, 15) is 14.0 Å². The van der Waals surface area contributed by atoms with Gasteiger partial charge in [-0.15, -0.1) is 11.3 Å². The quantitative estimate of drug-likeness (QED) is 0.608. The van der Waals surface area contributed by atoms with Crippen LogP contribution in [0.4, 0.5) is 4.39 Å². The Labute approximate surface area is 161 Å². The molecule has 0 atom stereocenters. The van der Waals surface area contributed by atoms with E-state index in [2.05, 4.69) is 4.98 Å². The van der Waals surface area contributed by atoms with Crippen LogP contribution in [0.25, 0.3) is 10.6 Å². The summed E-state index contributed by atoms with van der Waals surface area (Å²) in [4.78, 5) is 30.4. The summed E-state index contributed by atoms with van der Waals surface area (Å²) < 4.78 is 13.3. The maximum absolute atomic E-state index is 13.3. The van der Waals surface area contributed by atoms with Crippen LogP contribution in [0, 0.1) is 5.82 Å². The lowest BCUT2D eigenvalue weighted by molar-refractivity contribution is 0.0656. The number of thiazole rings is 1. The van der Waals surface area contributed by atoms with Crippen LogP contribution in [0.1, 0.15) is 40.3 Å². The van der Waals surface area contributed by atoms with E-state index in [0.29, 0.717) is 17.5 Å². The van der Waals surface area contributed by atoms with Gasteiger partial charge in [0.05, 0.1) is 16.8 Å². The van der Waals surface area contributed by atoms with Crippen LogP contribution >= 0.6 is 11.3 Å². The first-order valence-corrected chi connectivity index (χ1v) is 9.67. The Morgan fingerprint density at radius 2 is 1.67 bits per heavy atom. The first kappa shape index (κ1) is 18.9. The van der Waals surface area contributed by atoms with Crippen molar-refractivity contribution in [1.29, 1.82) is 0 Å². The summed E-state index contributed by atoms with van der Waals surface area (Å²) in [6.07, 6.45) is 0.470. The third-order valence-corrected chi connectivity index (χ3v) is 5.03. The van der Waals surface area contributed by atoms with Gasteiger partial charge in [-0.25, -0.2) is 9.37 Å². The summed E-state index contributed by atoms with van der Waals surface area (Å²) in [5, 5.41) is 2.59. The van der Waals surface area contributed by atoms with Gasteiger partial charge in [-0.05, 0) is 24.3 Å². The van der Waals surface area contributed by atoms with Crippen molar-refractivity contribution in [1.82, 2.24) is 9.88 Å². The third-order valence-electron chi connectivity index (χ3n) is 4.09. The standard InChI is InChI=1S/C19H13FN2O2S.C2H6/c20-13-5-3-4-12(10-13)17-21-14(11-25-17)8-9-22-18(23)15-6-1-2-7-16(15)19(22)24;1-2/h1-7,10-11H,8-9H2;1-2H3. The number of rotatable bonds is 4. The first-order chi connectivity index (χ1) is 13.1. The summed E-state index contributed by atoms with van der Waals surface area (Å²) in [7, 11) is 0. The van der Waals surface area contributed by atoms with E-state index in [1.54, 1.807) is 36.4 Å². The lowest BCUT2D eigenvalue weighted by Gasteiger charge is -2.12. The Morgan fingerprint density at radius 1 is 1.00 bits per heavy atom. The molecule has 6 heteroatoms. The molecule has 1 aliphatic heterocycles. The van der Waals surface area contributed by atoms with Crippen molar-refractivity contribution >= 4 is 23.2 Å². The first-order valence-electron chi connectivity index (χ1n) is 8.79. The zero-order valence-corrected chi connectivity index (χ0v) is 15.9. The van der Waals surface area contributed by atoms with Gasteiger partial charge in [0.1, 0.15) is 10.8 Å². The van der Waals surface area contributed by atoms with E-state index in [0.717, 1.165) is 16.3 Å². The number of fused-ring (bicyclic) bond motifs is 1. The maximum Gasteiger partial charge on any atom is 0.261 e. The molecule has 0 fully saturated rings. The Balaban J connectivity index is 0.00000102. The number of imide groups is 1. The number of halogens is 1. The van der Waals surface area contributed by atoms with Gasteiger partial charge < -0.3 is 0 Å². The molecular weight excluding hydrogens is 363 g/mol. The number of aromatic nitrogens is 1. The van der Waals surface area contributed by atoms with Crippen LogP contribution in [0.2, 0.25) is 0 Å². The summed E-state index contributed by atoms with van der Waals surface area (Å²) in [6.45, 7) is 4.28. The van der Waals surface area contributed by atoms with Crippen molar-refractivity contribution in [3.8, 4) is 10.6 Å². The van der Waals surface area contributed by atoms with Gasteiger partial charge in [-0.3, -0.25) is 14.5 Å². The number of carbonyl (C=O) groups excluding carboxylic acids is 2. The SMILES string of the molecule is CC.O=C1c2ccccc2C(=O)N1CCc1csc(-c2cccc(F)c2)n1. The van der Waals surface area contributed by atoms with E-state index < -0.39 is 0 Å². The molecule has 0 radical (unpaired) electrons. The molecule has 0 spiro atoms. The van der Waals surface area contributed by atoms with Crippen molar-refractivity contribution in [2.45, 2.75) is 20.3 Å². The number of benzene rings is 2. The molecule has 138 valence electrons. The molecule has 2 heterocycles. The minimum Gasteiger partial charge on any atom is -0.274 e. The smallest absolute Gasteiger partial charge is 0.261 e. The van der Waals surface area contributed by atoms with E-state index in [4.69, 9.17) is 0 Å². The molecule has 3 aromatic rings. The highest BCUT2D eigenvalue weighted by molar-refractivity contribution is 7.13. The topological polar surface area (TPSA) is 50.3 Å². The molecule has 2 amide bonds. The summed E-state index contributed by atoms with van der Waals surface area (Å²) in [5.41, 5.74) is 2.40. The number of nitrogens with zero attached hydrogens (tertiary/aromatic N) is 2. The summed E-state index contributed by atoms with van der Waals surface area (Å²) >= 11 is 1.42. The number of amides is 2. The predicted octanol–water partition coefficient (Wildman–Crippen LogP) is 4.81. The van der Waals surface area contributed by atoms with Crippen LogP contribution in [-0.4, -0.2) is 28.2 Å². The fraction of sp³-hybridized carbons (Fsp3) is 0.190. The number of hydrogen-bond donors (Lipinski definition) is 0. The zero-order valence-electron chi connectivity index (χ0n) is 15.1. The molecule has 1 aliphatic rings. The van der Waals surface area contributed by atoms with Crippen molar-refractivity contribution in [3.05, 3.63) is 76.5 Å². The highest BCUT2D eigenvalue weighted by Crippen LogP contribution is 2.26. The Hall–Kier alpha value is -2.86. The van der Waals surface area contributed by atoms with Gasteiger partial charge in [-0.1, -0.05) is 38.1 Å². The average molecular weight is 382 g/mol. The van der Waals surface area contributed by atoms with Crippen LogP contribution in [-0.2, 0) is 6.42 Å². The fourth-order valence-corrected chi connectivity index (χ4v) is 3.70. The molecule has 0 unspecified atom stereocenters. The molecule has 0 aliphatic carbocycles. The van der Waals surface area contributed by atoms with Gasteiger partial charge in [-0.2, -0.15) is 0 Å². The van der Waals surface area contributed by atoms with Crippen LogP contribution < -0.4 is 0 Å². The zero-order chi connectivity index (χ0) is 19.4. The second kappa shape index (κ2) is 8.22. The van der Waals surface area contributed by atoms with Gasteiger partial charge in [0, 0.05) is 23.9 Å². The van der Waals surface area contributed by atoms with Gasteiger partial charge in [0.15, 0.2) is 0 Å². The van der Waals surface area contributed by atoms with Gasteiger partial charge >= 0.3 is 0 Å². The Kier molecular flexibility index (Phi) is 5.76. The van der Waals surface area contributed by atoms with Crippen LogP contribution in [0.15, 0.2) is 53.9 Å². The highest BCUT2D eigenvalue weighted by atomic mass is 32.1. The summed E-state index contributed by atoms with van der Waals surface area (Å²) in [5.74, 6) is -0.831. The molecular formula is C21H19FN2O2S. The van der Waals surface area contributed by atoms with Crippen molar-refractivity contribution in [2.24, 2.45) is 0 Å². The lowest BCUT2D eigenvalue weighted by Crippen LogP contribution is -2.31. The van der Waals surface area contributed by atoms with Gasteiger partial charge in [0.25, 0.3) is 11.8 Å². The second-order valence-electron chi connectivity index (χ2n) is 5.71. The van der Waals surface area contributed by atoms with E-state index in [1.807, 2.05) is 19.2 Å². The normalized spacial score (nSPS) is 12.6. The average Bonchev–Trinajstić information content (AvgIpc) is 3.26. The molecule has 27 heavy (non-hydrogen) atoms. The third kappa shape index (κ3) is 3.80.